The molecular weight excluding hydrogens is 238 g/mol. The van der Waals surface area contributed by atoms with Crippen LogP contribution in [0.25, 0.3) is 0 Å². The lowest BCUT2D eigenvalue weighted by Crippen LogP contribution is -2.40. The van der Waals surface area contributed by atoms with Crippen molar-refractivity contribution in [2.24, 2.45) is 11.7 Å². The quantitative estimate of drug-likeness (QED) is 0.822. The molecule has 104 valence electrons. The summed E-state index contributed by atoms with van der Waals surface area (Å²) in [5.74, 6) is -0.0398. The molecule has 2 rings (SSSR count). The zero-order valence-corrected chi connectivity index (χ0v) is 11.6. The van der Waals surface area contributed by atoms with Crippen LogP contribution in [-0.2, 0) is 17.8 Å². The summed E-state index contributed by atoms with van der Waals surface area (Å²) < 4.78 is 0. The number of carbonyl (C=O) groups excluding carboxylic acids is 1. The third-order valence-corrected chi connectivity index (χ3v) is 3.74. The number of amides is 1. The largest absolute Gasteiger partial charge is 0.355 e. The highest BCUT2D eigenvalue weighted by Gasteiger charge is 2.16. The first-order valence-electron chi connectivity index (χ1n) is 6.97. The first kappa shape index (κ1) is 14.0. The Bertz CT molecular complexity index is 433. The molecule has 0 saturated heterocycles. The molecule has 0 spiro atoms. The van der Waals surface area contributed by atoms with Crippen LogP contribution < -0.4 is 11.1 Å². The van der Waals surface area contributed by atoms with Gasteiger partial charge in [-0.15, -0.1) is 0 Å². The highest BCUT2D eigenvalue weighted by molar-refractivity contribution is 5.78. The molecule has 1 aromatic rings. The van der Waals surface area contributed by atoms with Crippen LogP contribution in [0.3, 0.4) is 0 Å². The van der Waals surface area contributed by atoms with Gasteiger partial charge in [0, 0.05) is 38.6 Å². The molecule has 1 unspecified atom stereocenters. The van der Waals surface area contributed by atoms with Gasteiger partial charge >= 0.3 is 0 Å². The summed E-state index contributed by atoms with van der Waals surface area (Å²) in [5, 5.41) is 2.94. The fraction of sp³-hybridized carbons (Fsp3) is 0.533. The molecule has 0 radical (unpaired) electrons. The van der Waals surface area contributed by atoms with Gasteiger partial charge in [-0.2, -0.15) is 0 Å². The number of nitrogens with two attached hydrogens (primary N) is 1. The van der Waals surface area contributed by atoms with Crippen molar-refractivity contribution < 1.29 is 4.79 Å². The molecule has 3 N–H and O–H groups in total. The van der Waals surface area contributed by atoms with E-state index < -0.39 is 0 Å². The summed E-state index contributed by atoms with van der Waals surface area (Å²) in [6.07, 6.45) is 1.10. The molecule has 1 amide bonds. The van der Waals surface area contributed by atoms with Gasteiger partial charge in [-0.3, -0.25) is 9.69 Å². The monoisotopic (exact) mass is 261 g/mol. The van der Waals surface area contributed by atoms with Crippen LogP contribution >= 0.6 is 0 Å². The van der Waals surface area contributed by atoms with E-state index in [1.165, 1.54) is 11.1 Å². The summed E-state index contributed by atoms with van der Waals surface area (Å²) in [6.45, 7) is 5.91. The van der Waals surface area contributed by atoms with Crippen LogP contribution in [-0.4, -0.2) is 37.0 Å². The minimum atomic E-state index is -0.0953. The fourth-order valence-corrected chi connectivity index (χ4v) is 2.36. The van der Waals surface area contributed by atoms with Crippen molar-refractivity contribution in [2.75, 3.05) is 26.2 Å². The number of hydrogen-bond acceptors (Lipinski definition) is 3. The number of benzene rings is 1. The van der Waals surface area contributed by atoms with E-state index in [-0.39, 0.29) is 11.8 Å². The smallest absolute Gasteiger partial charge is 0.224 e. The van der Waals surface area contributed by atoms with Crippen LogP contribution in [0.15, 0.2) is 24.3 Å². The van der Waals surface area contributed by atoms with E-state index >= 15 is 0 Å². The Morgan fingerprint density at radius 2 is 2.16 bits per heavy atom. The second kappa shape index (κ2) is 6.68. The molecular formula is C15H23N3O. The molecule has 1 aromatic carbocycles. The van der Waals surface area contributed by atoms with Crippen LogP contribution in [0.1, 0.15) is 18.1 Å². The standard InChI is InChI=1S/C15H23N3O/c1-12(10-16)15(19)17-7-9-18-8-6-13-4-2-3-5-14(13)11-18/h2-5,12H,6-11,16H2,1H3,(H,17,19). The molecule has 0 saturated carbocycles. The van der Waals surface area contributed by atoms with E-state index in [1.807, 2.05) is 6.92 Å². The van der Waals surface area contributed by atoms with Crippen molar-refractivity contribution in [3.8, 4) is 0 Å². The maximum Gasteiger partial charge on any atom is 0.224 e. The first-order valence-corrected chi connectivity index (χ1v) is 6.97. The molecule has 1 aliphatic heterocycles. The molecule has 1 heterocycles. The van der Waals surface area contributed by atoms with Crippen LogP contribution in [0.2, 0.25) is 0 Å². The highest BCUT2D eigenvalue weighted by Crippen LogP contribution is 2.17. The lowest BCUT2D eigenvalue weighted by molar-refractivity contribution is -0.124. The van der Waals surface area contributed by atoms with Gasteiger partial charge in [0.25, 0.3) is 0 Å². The molecule has 1 atom stereocenters. The average Bonchev–Trinajstić information content (AvgIpc) is 2.46. The molecule has 1 aliphatic rings. The molecule has 0 bridgehead atoms. The van der Waals surface area contributed by atoms with Gasteiger partial charge in [-0.05, 0) is 17.5 Å². The number of nitrogens with zero attached hydrogens (tertiary/aromatic N) is 1. The Balaban J connectivity index is 1.75. The predicted molar refractivity (Wildman–Crippen MR) is 76.7 cm³/mol. The van der Waals surface area contributed by atoms with Crippen LogP contribution in [0, 0.1) is 5.92 Å². The SMILES string of the molecule is CC(CN)C(=O)NCCN1CCc2ccccc2C1. The lowest BCUT2D eigenvalue weighted by atomic mass is 10.00. The zero-order chi connectivity index (χ0) is 13.7. The van der Waals surface area contributed by atoms with Gasteiger partial charge in [0.1, 0.15) is 0 Å². The van der Waals surface area contributed by atoms with Crippen molar-refractivity contribution >= 4 is 5.91 Å². The van der Waals surface area contributed by atoms with Gasteiger partial charge in [-0.1, -0.05) is 31.2 Å². The van der Waals surface area contributed by atoms with Gasteiger partial charge in [0.2, 0.25) is 5.91 Å². The minimum Gasteiger partial charge on any atom is -0.355 e. The third-order valence-electron chi connectivity index (χ3n) is 3.74. The first-order chi connectivity index (χ1) is 9.20. The van der Waals surface area contributed by atoms with E-state index in [0.717, 1.165) is 26.1 Å². The molecule has 4 heteroatoms. The Kier molecular flexibility index (Phi) is 4.93. The summed E-state index contributed by atoms with van der Waals surface area (Å²) in [7, 11) is 0. The van der Waals surface area contributed by atoms with Gasteiger partial charge in [-0.25, -0.2) is 0 Å². The summed E-state index contributed by atoms with van der Waals surface area (Å²) in [4.78, 5) is 14.0. The van der Waals surface area contributed by atoms with Crippen molar-refractivity contribution in [3.05, 3.63) is 35.4 Å². The molecule has 4 nitrogen and oxygen atoms in total. The minimum absolute atomic E-state index is 0.0555. The van der Waals surface area contributed by atoms with Crippen molar-refractivity contribution in [2.45, 2.75) is 19.9 Å². The molecule has 0 aliphatic carbocycles. The number of nitrogens with one attached hydrogen (secondary N) is 1. The number of fused-ring (bicyclic) bond motifs is 1. The molecule has 19 heavy (non-hydrogen) atoms. The van der Waals surface area contributed by atoms with E-state index in [2.05, 4.69) is 34.5 Å². The zero-order valence-electron chi connectivity index (χ0n) is 11.6. The van der Waals surface area contributed by atoms with Crippen molar-refractivity contribution in [1.82, 2.24) is 10.2 Å². The van der Waals surface area contributed by atoms with Crippen molar-refractivity contribution in [1.29, 1.82) is 0 Å². The Morgan fingerprint density at radius 1 is 1.42 bits per heavy atom. The van der Waals surface area contributed by atoms with Crippen LogP contribution in [0.4, 0.5) is 0 Å². The second-order valence-electron chi connectivity index (χ2n) is 5.22. The van der Waals surface area contributed by atoms with E-state index in [9.17, 15) is 4.79 Å². The summed E-state index contributed by atoms with van der Waals surface area (Å²) in [6, 6.07) is 8.59. The van der Waals surface area contributed by atoms with Gasteiger partial charge < -0.3 is 11.1 Å². The molecule has 0 fully saturated rings. The van der Waals surface area contributed by atoms with Gasteiger partial charge in [0.05, 0.1) is 0 Å². The van der Waals surface area contributed by atoms with Crippen molar-refractivity contribution in [3.63, 3.8) is 0 Å². The van der Waals surface area contributed by atoms with E-state index in [4.69, 9.17) is 5.73 Å². The van der Waals surface area contributed by atoms with Crippen LogP contribution in [0.5, 0.6) is 0 Å². The number of rotatable bonds is 5. The Hall–Kier alpha value is -1.39. The lowest BCUT2D eigenvalue weighted by Gasteiger charge is -2.28. The molecule has 0 aromatic heterocycles. The highest BCUT2D eigenvalue weighted by atomic mass is 16.1. The van der Waals surface area contributed by atoms with E-state index in [1.54, 1.807) is 0 Å². The second-order valence-corrected chi connectivity index (χ2v) is 5.22. The van der Waals surface area contributed by atoms with Gasteiger partial charge in [0.15, 0.2) is 0 Å². The maximum atomic E-state index is 11.6. The summed E-state index contributed by atoms with van der Waals surface area (Å²) >= 11 is 0. The Labute approximate surface area is 115 Å². The summed E-state index contributed by atoms with van der Waals surface area (Å²) in [5.41, 5.74) is 8.34. The van der Waals surface area contributed by atoms with E-state index in [0.29, 0.717) is 13.1 Å². The topological polar surface area (TPSA) is 58.4 Å². The average molecular weight is 261 g/mol. The fourth-order valence-electron chi connectivity index (χ4n) is 2.36. The number of carbonyl (C=O) groups is 1. The maximum absolute atomic E-state index is 11.6. The Morgan fingerprint density at radius 3 is 2.89 bits per heavy atom. The third kappa shape index (κ3) is 3.78. The number of hydrogen-bond donors (Lipinski definition) is 2. The normalized spacial score (nSPS) is 16.7. The predicted octanol–water partition coefficient (Wildman–Crippen LogP) is 0.756.